The first kappa shape index (κ1) is 22.7. The Kier molecular flexibility index (Phi) is 10.3. The Bertz CT molecular complexity index is 563. The van der Waals surface area contributed by atoms with Crippen LogP contribution in [0.3, 0.4) is 0 Å². The normalized spacial score (nSPS) is 19.2. The van der Waals surface area contributed by atoms with Crippen molar-refractivity contribution in [2.75, 3.05) is 53.9 Å². The maximum atomic E-state index is 5.87. The lowest BCUT2D eigenvalue weighted by atomic mass is 10.2. The molecule has 1 aliphatic heterocycles. The van der Waals surface area contributed by atoms with Crippen LogP contribution >= 0.6 is 0 Å². The van der Waals surface area contributed by atoms with Crippen LogP contribution in [-0.4, -0.2) is 81.8 Å². The van der Waals surface area contributed by atoms with Gasteiger partial charge < -0.3 is 20.3 Å². The summed E-state index contributed by atoms with van der Waals surface area (Å²) < 4.78 is 5.87. The van der Waals surface area contributed by atoms with Crippen molar-refractivity contribution >= 4 is 5.96 Å². The number of rotatable bonds is 11. The topological polar surface area (TPSA) is 52.1 Å². The van der Waals surface area contributed by atoms with Gasteiger partial charge in [0.05, 0.1) is 6.10 Å². The van der Waals surface area contributed by atoms with Crippen LogP contribution in [0, 0.1) is 0 Å². The van der Waals surface area contributed by atoms with Gasteiger partial charge >= 0.3 is 0 Å². The standard InChI is InChI=1S/C22H39N5O/c1-5-28-21(13-15-26(3)4)17-25-22(23-2)24-16-20-12-9-14-27(20)18-19-10-7-6-8-11-19/h6-8,10-11,20-21H,5,9,12-18H2,1-4H3,(H2,23,24,25). The molecule has 158 valence electrons. The van der Waals surface area contributed by atoms with Crippen molar-refractivity contribution in [2.45, 2.75) is 44.9 Å². The molecule has 0 aromatic heterocycles. The maximum absolute atomic E-state index is 5.87. The Morgan fingerprint density at radius 1 is 1.29 bits per heavy atom. The van der Waals surface area contributed by atoms with E-state index in [-0.39, 0.29) is 6.10 Å². The van der Waals surface area contributed by atoms with Crippen LogP contribution in [0.2, 0.25) is 0 Å². The van der Waals surface area contributed by atoms with Crippen LogP contribution in [0.4, 0.5) is 0 Å². The van der Waals surface area contributed by atoms with Crippen LogP contribution in [0.5, 0.6) is 0 Å². The first-order valence-corrected chi connectivity index (χ1v) is 10.6. The molecule has 2 N–H and O–H groups in total. The molecule has 1 aliphatic rings. The van der Waals surface area contributed by atoms with Crippen molar-refractivity contribution in [2.24, 2.45) is 4.99 Å². The van der Waals surface area contributed by atoms with E-state index in [4.69, 9.17) is 4.74 Å². The Morgan fingerprint density at radius 2 is 2.07 bits per heavy atom. The molecule has 0 amide bonds. The molecule has 1 aromatic rings. The second-order valence-electron chi connectivity index (χ2n) is 7.76. The second kappa shape index (κ2) is 12.8. The number of ether oxygens (including phenoxy) is 1. The van der Waals surface area contributed by atoms with Crippen molar-refractivity contribution in [1.82, 2.24) is 20.4 Å². The summed E-state index contributed by atoms with van der Waals surface area (Å²) in [6.07, 6.45) is 3.72. The summed E-state index contributed by atoms with van der Waals surface area (Å²) in [5.41, 5.74) is 1.39. The van der Waals surface area contributed by atoms with Crippen LogP contribution in [0.25, 0.3) is 0 Å². The number of nitrogens with zero attached hydrogens (tertiary/aromatic N) is 3. The van der Waals surface area contributed by atoms with Gasteiger partial charge in [0, 0.05) is 45.9 Å². The highest BCUT2D eigenvalue weighted by Crippen LogP contribution is 2.19. The van der Waals surface area contributed by atoms with Gasteiger partial charge in [-0.2, -0.15) is 0 Å². The minimum atomic E-state index is 0.201. The average molecular weight is 390 g/mol. The van der Waals surface area contributed by atoms with Gasteiger partial charge in [0.15, 0.2) is 5.96 Å². The lowest BCUT2D eigenvalue weighted by Crippen LogP contribution is -2.46. The molecule has 1 aromatic carbocycles. The number of guanidine groups is 1. The maximum Gasteiger partial charge on any atom is 0.191 e. The summed E-state index contributed by atoms with van der Waals surface area (Å²) in [6.45, 7) is 7.71. The SMILES string of the molecule is CCOC(CCN(C)C)CNC(=NC)NCC1CCCN1Cc1ccccc1. The van der Waals surface area contributed by atoms with E-state index in [1.807, 2.05) is 7.05 Å². The van der Waals surface area contributed by atoms with Crippen molar-refractivity contribution in [3.63, 3.8) is 0 Å². The summed E-state index contributed by atoms with van der Waals surface area (Å²) in [5, 5.41) is 6.96. The summed E-state index contributed by atoms with van der Waals surface area (Å²) in [4.78, 5) is 9.17. The largest absolute Gasteiger partial charge is 0.377 e. The highest BCUT2D eigenvalue weighted by Gasteiger charge is 2.24. The molecule has 0 radical (unpaired) electrons. The van der Waals surface area contributed by atoms with Crippen LogP contribution in [0.1, 0.15) is 31.7 Å². The lowest BCUT2D eigenvalue weighted by Gasteiger charge is -2.26. The summed E-state index contributed by atoms with van der Waals surface area (Å²) in [7, 11) is 6.03. The number of nitrogens with one attached hydrogen (secondary N) is 2. The van der Waals surface area contributed by atoms with Gasteiger partial charge in [0.1, 0.15) is 0 Å². The van der Waals surface area contributed by atoms with E-state index in [9.17, 15) is 0 Å². The van der Waals surface area contributed by atoms with Gasteiger partial charge in [0.25, 0.3) is 0 Å². The van der Waals surface area contributed by atoms with Crippen LogP contribution < -0.4 is 10.6 Å². The number of aliphatic imine (C=N–C) groups is 1. The van der Waals surface area contributed by atoms with E-state index in [1.165, 1.54) is 24.9 Å². The summed E-state index contributed by atoms with van der Waals surface area (Å²) in [5.74, 6) is 0.862. The molecule has 2 unspecified atom stereocenters. The smallest absolute Gasteiger partial charge is 0.191 e. The molecular formula is C22H39N5O. The third-order valence-electron chi connectivity index (χ3n) is 5.25. The molecule has 2 rings (SSSR count). The molecular weight excluding hydrogens is 350 g/mol. The highest BCUT2D eigenvalue weighted by atomic mass is 16.5. The fourth-order valence-corrected chi connectivity index (χ4v) is 3.68. The molecule has 0 saturated carbocycles. The Hall–Kier alpha value is -1.63. The molecule has 0 aliphatic carbocycles. The van der Waals surface area contributed by atoms with Crippen molar-refractivity contribution < 1.29 is 4.74 Å². The minimum Gasteiger partial charge on any atom is -0.377 e. The van der Waals surface area contributed by atoms with Crippen molar-refractivity contribution in [3.8, 4) is 0 Å². The minimum absolute atomic E-state index is 0.201. The molecule has 1 fully saturated rings. The molecule has 6 heteroatoms. The van der Waals surface area contributed by atoms with Gasteiger partial charge in [-0.25, -0.2) is 0 Å². The number of hydrogen-bond donors (Lipinski definition) is 2. The van der Waals surface area contributed by atoms with Crippen LogP contribution in [-0.2, 0) is 11.3 Å². The monoisotopic (exact) mass is 389 g/mol. The number of benzene rings is 1. The number of likely N-dealkylation sites (tertiary alicyclic amines) is 1. The van der Waals surface area contributed by atoms with Gasteiger partial charge in [-0.3, -0.25) is 9.89 Å². The third-order valence-corrected chi connectivity index (χ3v) is 5.25. The van der Waals surface area contributed by atoms with Gasteiger partial charge in [0.2, 0.25) is 0 Å². The van der Waals surface area contributed by atoms with Crippen molar-refractivity contribution in [3.05, 3.63) is 35.9 Å². The van der Waals surface area contributed by atoms with Gasteiger partial charge in [-0.1, -0.05) is 30.3 Å². The first-order chi connectivity index (χ1) is 13.6. The average Bonchev–Trinajstić information content (AvgIpc) is 3.13. The van der Waals surface area contributed by atoms with E-state index in [1.54, 1.807) is 0 Å². The lowest BCUT2D eigenvalue weighted by molar-refractivity contribution is 0.0548. The number of hydrogen-bond acceptors (Lipinski definition) is 4. The van der Waals surface area contributed by atoms with E-state index >= 15 is 0 Å². The molecule has 2 atom stereocenters. The predicted molar refractivity (Wildman–Crippen MR) is 118 cm³/mol. The fourth-order valence-electron chi connectivity index (χ4n) is 3.68. The Morgan fingerprint density at radius 3 is 2.75 bits per heavy atom. The zero-order valence-corrected chi connectivity index (χ0v) is 18.2. The second-order valence-corrected chi connectivity index (χ2v) is 7.76. The zero-order chi connectivity index (χ0) is 20.2. The summed E-state index contributed by atoms with van der Waals surface area (Å²) in [6, 6.07) is 11.3. The zero-order valence-electron chi connectivity index (χ0n) is 18.2. The van der Waals surface area contributed by atoms with E-state index in [0.717, 1.165) is 45.2 Å². The van der Waals surface area contributed by atoms with Gasteiger partial charge in [-0.15, -0.1) is 0 Å². The molecule has 1 saturated heterocycles. The molecule has 0 spiro atoms. The fraction of sp³-hybridized carbons (Fsp3) is 0.682. The van der Waals surface area contributed by atoms with Crippen molar-refractivity contribution in [1.29, 1.82) is 0 Å². The molecule has 28 heavy (non-hydrogen) atoms. The molecule has 1 heterocycles. The predicted octanol–water partition coefficient (Wildman–Crippen LogP) is 2.17. The third kappa shape index (κ3) is 8.17. The Labute approximate surface area is 171 Å². The molecule has 0 bridgehead atoms. The van der Waals surface area contributed by atoms with E-state index in [0.29, 0.717) is 6.04 Å². The molecule has 6 nitrogen and oxygen atoms in total. The van der Waals surface area contributed by atoms with Crippen LogP contribution in [0.15, 0.2) is 35.3 Å². The van der Waals surface area contributed by atoms with E-state index < -0.39 is 0 Å². The van der Waals surface area contributed by atoms with E-state index in [2.05, 4.69) is 76.8 Å². The quantitative estimate of drug-likeness (QED) is 0.449. The highest BCUT2D eigenvalue weighted by molar-refractivity contribution is 5.79. The van der Waals surface area contributed by atoms with Gasteiger partial charge in [-0.05, 0) is 52.4 Å². The Balaban J connectivity index is 1.77. The summed E-state index contributed by atoms with van der Waals surface area (Å²) >= 11 is 0. The first-order valence-electron chi connectivity index (χ1n) is 10.6.